The van der Waals surface area contributed by atoms with E-state index in [1.54, 1.807) is 24.4 Å². The van der Waals surface area contributed by atoms with E-state index < -0.39 is 0 Å². The van der Waals surface area contributed by atoms with Gasteiger partial charge in [0.15, 0.2) is 5.43 Å². The number of hydrogen-bond acceptors (Lipinski definition) is 3. The van der Waals surface area contributed by atoms with Crippen LogP contribution in [0.3, 0.4) is 0 Å². The molecule has 104 valence electrons. The van der Waals surface area contributed by atoms with Gasteiger partial charge in [-0.2, -0.15) is 5.11 Å². The lowest BCUT2D eigenvalue weighted by molar-refractivity contribution is 0.887. The normalized spacial score (nSPS) is 10.7. The van der Waals surface area contributed by atoms with Gasteiger partial charge in [0.2, 0.25) is 0 Å². The highest BCUT2D eigenvalue weighted by atomic mass is 35.5. The molecule has 1 heterocycles. The molecule has 0 unspecified atom stereocenters. The molecular formula is C16H12ClN3O. The van der Waals surface area contributed by atoms with Gasteiger partial charge < -0.3 is 4.57 Å². The Bertz CT molecular complexity index is 872. The smallest absolute Gasteiger partial charge is 0.194 e. The summed E-state index contributed by atoms with van der Waals surface area (Å²) in [5.74, 6) is 0. The van der Waals surface area contributed by atoms with E-state index in [1.807, 2.05) is 34.9 Å². The van der Waals surface area contributed by atoms with Gasteiger partial charge in [0.05, 0.1) is 12.1 Å². The number of pyridine rings is 1. The summed E-state index contributed by atoms with van der Waals surface area (Å²) in [5, 5.41) is 4.48. The third kappa shape index (κ3) is 2.45. The highest BCUT2D eigenvalue weighted by Gasteiger charge is 2.10. The van der Waals surface area contributed by atoms with E-state index in [1.165, 1.54) is 0 Å². The van der Waals surface area contributed by atoms with E-state index in [-0.39, 0.29) is 12.0 Å². The number of halogens is 1. The summed E-state index contributed by atoms with van der Waals surface area (Å²) < 4.78 is 1.91. The van der Waals surface area contributed by atoms with Crippen LogP contribution in [0.25, 0.3) is 16.6 Å². The van der Waals surface area contributed by atoms with Crippen molar-refractivity contribution in [1.29, 1.82) is 5.53 Å². The summed E-state index contributed by atoms with van der Waals surface area (Å²) in [7, 11) is 0. The molecule has 0 spiro atoms. The summed E-state index contributed by atoms with van der Waals surface area (Å²) in [6, 6.07) is 14.9. The van der Waals surface area contributed by atoms with Gasteiger partial charge in [0.25, 0.3) is 0 Å². The molecule has 0 aliphatic carbocycles. The van der Waals surface area contributed by atoms with Gasteiger partial charge in [0, 0.05) is 27.9 Å². The molecule has 4 nitrogen and oxygen atoms in total. The van der Waals surface area contributed by atoms with E-state index >= 15 is 0 Å². The Labute approximate surface area is 126 Å². The number of aromatic nitrogens is 1. The molecule has 0 amide bonds. The van der Waals surface area contributed by atoms with Crippen molar-refractivity contribution < 1.29 is 0 Å². The molecule has 0 saturated carbocycles. The van der Waals surface area contributed by atoms with Crippen LogP contribution in [0.1, 0.15) is 5.56 Å². The van der Waals surface area contributed by atoms with E-state index in [9.17, 15) is 4.79 Å². The summed E-state index contributed by atoms with van der Waals surface area (Å²) in [4.78, 5) is 12.4. The third-order valence-electron chi connectivity index (χ3n) is 3.32. The van der Waals surface area contributed by atoms with Crippen LogP contribution < -0.4 is 5.43 Å². The second kappa shape index (κ2) is 5.50. The Morgan fingerprint density at radius 3 is 2.62 bits per heavy atom. The van der Waals surface area contributed by atoms with Crippen LogP contribution in [0.15, 0.2) is 64.6 Å². The molecular weight excluding hydrogens is 286 g/mol. The number of nitrogens with one attached hydrogen (secondary N) is 1. The molecule has 0 fully saturated rings. The second-order valence-corrected chi connectivity index (χ2v) is 5.10. The highest BCUT2D eigenvalue weighted by Crippen LogP contribution is 2.21. The van der Waals surface area contributed by atoms with Crippen molar-refractivity contribution in [1.82, 2.24) is 4.57 Å². The van der Waals surface area contributed by atoms with Gasteiger partial charge in [-0.05, 0) is 30.3 Å². The van der Waals surface area contributed by atoms with E-state index in [0.717, 1.165) is 11.2 Å². The number of rotatable bonds is 3. The lowest BCUT2D eigenvalue weighted by Gasteiger charge is -2.13. The maximum absolute atomic E-state index is 12.4. The molecule has 0 radical (unpaired) electrons. The Kier molecular flexibility index (Phi) is 3.54. The van der Waals surface area contributed by atoms with Crippen LogP contribution in [0, 0.1) is 5.53 Å². The molecule has 0 atom stereocenters. The zero-order valence-electron chi connectivity index (χ0n) is 11.1. The summed E-state index contributed by atoms with van der Waals surface area (Å²) >= 11 is 6.07. The first-order valence-corrected chi connectivity index (χ1v) is 6.81. The first-order valence-electron chi connectivity index (χ1n) is 6.43. The van der Waals surface area contributed by atoms with Crippen LogP contribution in [-0.4, -0.2) is 4.57 Å². The molecule has 0 bridgehead atoms. The van der Waals surface area contributed by atoms with Crippen LogP contribution in [-0.2, 0) is 6.54 Å². The number of hydrogen-bond donors (Lipinski definition) is 1. The molecule has 2 aromatic carbocycles. The first kappa shape index (κ1) is 13.5. The summed E-state index contributed by atoms with van der Waals surface area (Å²) in [6.45, 7) is 0.0736. The van der Waals surface area contributed by atoms with Gasteiger partial charge >= 0.3 is 0 Å². The molecule has 0 saturated heterocycles. The zero-order valence-corrected chi connectivity index (χ0v) is 11.8. The monoisotopic (exact) mass is 297 g/mol. The van der Waals surface area contributed by atoms with Crippen LogP contribution in [0.5, 0.6) is 0 Å². The molecule has 5 heteroatoms. The Hall–Kier alpha value is -2.46. The third-order valence-corrected chi connectivity index (χ3v) is 3.56. The summed E-state index contributed by atoms with van der Waals surface area (Å²) in [5.41, 5.74) is 9.06. The quantitative estimate of drug-likeness (QED) is 0.725. The molecule has 1 aromatic heterocycles. The molecule has 3 aromatic rings. The van der Waals surface area contributed by atoms with E-state index in [4.69, 9.17) is 17.1 Å². The van der Waals surface area contributed by atoms with Crippen LogP contribution in [0.2, 0.25) is 5.02 Å². The van der Waals surface area contributed by atoms with Crippen LogP contribution >= 0.6 is 11.6 Å². The van der Waals surface area contributed by atoms with Gasteiger partial charge in [-0.3, -0.25) is 4.79 Å². The molecule has 1 N–H and O–H groups in total. The maximum Gasteiger partial charge on any atom is 0.194 e. The molecule has 21 heavy (non-hydrogen) atoms. The minimum atomic E-state index is -0.107. The van der Waals surface area contributed by atoms with Gasteiger partial charge in [-0.15, -0.1) is 0 Å². The average Bonchev–Trinajstić information content (AvgIpc) is 2.51. The maximum atomic E-state index is 12.4. The largest absolute Gasteiger partial charge is 0.316 e. The van der Waals surface area contributed by atoms with Crippen molar-refractivity contribution in [3.05, 3.63) is 75.5 Å². The fraction of sp³-hybridized carbons (Fsp3) is 0.0625. The molecule has 0 aliphatic heterocycles. The predicted octanol–water partition coefficient (Wildman–Crippen LogP) is 4.18. The molecule has 0 aliphatic rings. The SMILES string of the molecule is N=NCc1cn(-c2ccccc2)c2cc(Cl)ccc2c1=O. The van der Waals surface area contributed by atoms with Crippen molar-refractivity contribution in [2.24, 2.45) is 5.11 Å². The fourth-order valence-electron chi connectivity index (χ4n) is 2.35. The van der Waals surface area contributed by atoms with Crippen molar-refractivity contribution in [3.8, 4) is 5.69 Å². The van der Waals surface area contributed by atoms with Crippen molar-refractivity contribution >= 4 is 22.5 Å². The number of benzene rings is 2. The van der Waals surface area contributed by atoms with Gasteiger partial charge in [0.1, 0.15) is 0 Å². The topological polar surface area (TPSA) is 58.2 Å². The molecule has 3 rings (SSSR count). The lowest BCUT2D eigenvalue weighted by atomic mass is 10.1. The van der Waals surface area contributed by atoms with E-state index in [0.29, 0.717) is 16.0 Å². The number of para-hydroxylation sites is 1. The Morgan fingerprint density at radius 2 is 1.90 bits per heavy atom. The lowest BCUT2D eigenvalue weighted by Crippen LogP contribution is -2.13. The van der Waals surface area contributed by atoms with Gasteiger partial charge in [-0.1, -0.05) is 29.8 Å². The summed E-state index contributed by atoms with van der Waals surface area (Å²) in [6.07, 6.45) is 1.73. The van der Waals surface area contributed by atoms with Crippen molar-refractivity contribution in [2.45, 2.75) is 6.54 Å². The van der Waals surface area contributed by atoms with Crippen molar-refractivity contribution in [2.75, 3.05) is 0 Å². The second-order valence-electron chi connectivity index (χ2n) is 4.67. The van der Waals surface area contributed by atoms with Crippen LogP contribution in [0.4, 0.5) is 0 Å². The van der Waals surface area contributed by atoms with Gasteiger partial charge in [-0.25, -0.2) is 5.53 Å². The Balaban J connectivity index is 2.41. The van der Waals surface area contributed by atoms with E-state index in [2.05, 4.69) is 5.11 Å². The fourth-order valence-corrected chi connectivity index (χ4v) is 2.52. The van der Waals surface area contributed by atoms with Crippen molar-refractivity contribution in [3.63, 3.8) is 0 Å². The number of nitrogens with zero attached hydrogens (tertiary/aromatic N) is 2. The minimum Gasteiger partial charge on any atom is -0.316 e. The average molecular weight is 298 g/mol. The minimum absolute atomic E-state index is 0.0736. The zero-order chi connectivity index (χ0) is 14.8. The first-order chi connectivity index (χ1) is 10.2. The number of fused-ring (bicyclic) bond motifs is 1. The Morgan fingerprint density at radius 1 is 1.14 bits per heavy atom. The highest BCUT2D eigenvalue weighted by molar-refractivity contribution is 6.31. The predicted molar refractivity (Wildman–Crippen MR) is 83.4 cm³/mol. The standard InChI is InChI=1S/C16H12ClN3O/c17-12-6-7-14-15(8-12)20(13-4-2-1-3-5-13)10-11(9-19-18)16(14)21/h1-8,10,18H,9H2.